The standard InChI is InChI=1S/C28H29N3O2/c1-20-10-12-21(13-11-20)17-31-19-24(16-27(31)32)28(33)29-25-8-4-2-7-23(25)18-30-15-14-22-6-3-5-9-26(22)30/h2-13,24H,14-19H2,1H3,(H,29,33). The van der Waals surface area contributed by atoms with Gasteiger partial charge in [0.2, 0.25) is 11.8 Å². The Labute approximate surface area is 195 Å². The van der Waals surface area contributed by atoms with Gasteiger partial charge in [-0.05, 0) is 42.2 Å². The van der Waals surface area contributed by atoms with Crippen molar-refractivity contribution in [1.82, 2.24) is 4.90 Å². The Morgan fingerprint density at radius 3 is 2.55 bits per heavy atom. The Balaban J connectivity index is 1.24. The van der Waals surface area contributed by atoms with Gasteiger partial charge in [-0.1, -0.05) is 66.2 Å². The van der Waals surface area contributed by atoms with E-state index >= 15 is 0 Å². The number of benzene rings is 3. The number of nitrogens with one attached hydrogen (secondary N) is 1. The van der Waals surface area contributed by atoms with Crippen molar-refractivity contribution in [2.24, 2.45) is 5.92 Å². The van der Waals surface area contributed by atoms with Gasteiger partial charge in [-0.25, -0.2) is 0 Å². The number of para-hydroxylation sites is 2. The predicted molar refractivity (Wildman–Crippen MR) is 131 cm³/mol. The average Bonchev–Trinajstić information content (AvgIpc) is 3.40. The molecule has 2 aliphatic rings. The molecule has 0 aromatic heterocycles. The van der Waals surface area contributed by atoms with Gasteiger partial charge in [0.25, 0.3) is 0 Å². The van der Waals surface area contributed by atoms with E-state index in [9.17, 15) is 9.59 Å². The van der Waals surface area contributed by atoms with Crippen molar-refractivity contribution in [1.29, 1.82) is 0 Å². The molecule has 3 aromatic rings. The second kappa shape index (κ2) is 9.10. The summed E-state index contributed by atoms with van der Waals surface area (Å²) in [5.74, 6) is -0.370. The summed E-state index contributed by atoms with van der Waals surface area (Å²) in [4.78, 5) is 29.8. The Bertz CT molecular complexity index is 1170. The van der Waals surface area contributed by atoms with Gasteiger partial charge in [-0.2, -0.15) is 0 Å². The van der Waals surface area contributed by atoms with Crippen molar-refractivity contribution in [3.05, 3.63) is 95.1 Å². The monoisotopic (exact) mass is 439 g/mol. The number of fused-ring (bicyclic) bond motifs is 1. The first-order valence-corrected chi connectivity index (χ1v) is 11.6. The summed E-state index contributed by atoms with van der Waals surface area (Å²) >= 11 is 0. The molecule has 0 aliphatic carbocycles. The molecule has 2 amide bonds. The van der Waals surface area contributed by atoms with E-state index in [4.69, 9.17) is 0 Å². The molecule has 1 fully saturated rings. The largest absolute Gasteiger partial charge is 0.367 e. The van der Waals surface area contributed by atoms with Crippen molar-refractivity contribution in [3.8, 4) is 0 Å². The van der Waals surface area contributed by atoms with E-state index in [1.165, 1.54) is 16.8 Å². The Morgan fingerprint density at radius 2 is 1.70 bits per heavy atom. The molecule has 5 heteroatoms. The molecule has 0 bridgehead atoms. The van der Waals surface area contributed by atoms with E-state index in [0.717, 1.165) is 36.3 Å². The van der Waals surface area contributed by atoms with Crippen LogP contribution in [0.15, 0.2) is 72.8 Å². The van der Waals surface area contributed by atoms with E-state index in [0.29, 0.717) is 13.1 Å². The van der Waals surface area contributed by atoms with E-state index in [1.54, 1.807) is 4.90 Å². The van der Waals surface area contributed by atoms with Gasteiger partial charge in [0, 0.05) is 44.0 Å². The fourth-order valence-electron chi connectivity index (χ4n) is 4.81. The van der Waals surface area contributed by atoms with Gasteiger partial charge >= 0.3 is 0 Å². The minimum atomic E-state index is -0.330. The summed E-state index contributed by atoms with van der Waals surface area (Å²) in [6.45, 7) is 4.78. The van der Waals surface area contributed by atoms with E-state index in [1.807, 2.05) is 37.3 Å². The van der Waals surface area contributed by atoms with Crippen LogP contribution in [0.2, 0.25) is 0 Å². The molecule has 5 nitrogen and oxygen atoms in total. The average molecular weight is 440 g/mol. The van der Waals surface area contributed by atoms with E-state index in [-0.39, 0.29) is 24.2 Å². The van der Waals surface area contributed by atoms with Crippen LogP contribution >= 0.6 is 0 Å². The van der Waals surface area contributed by atoms with E-state index < -0.39 is 0 Å². The van der Waals surface area contributed by atoms with Crippen molar-refractivity contribution < 1.29 is 9.59 Å². The first-order chi connectivity index (χ1) is 16.1. The van der Waals surface area contributed by atoms with Crippen molar-refractivity contribution in [2.75, 3.05) is 23.3 Å². The molecule has 0 radical (unpaired) electrons. The van der Waals surface area contributed by atoms with Crippen LogP contribution in [0.25, 0.3) is 0 Å². The van der Waals surface area contributed by atoms with Gasteiger partial charge in [0.15, 0.2) is 0 Å². The maximum Gasteiger partial charge on any atom is 0.229 e. The highest BCUT2D eigenvalue weighted by molar-refractivity contribution is 5.97. The topological polar surface area (TPSA) is 52.7 Å². The maximum absolute atomic E-state index is 13.1. The van der Waals surface area contributed by atoms with Crippen molar-refractivity contribution >= 4 is 23.2 Å². The summed E-state index contributed by atoms with van der Waals surface area (Å²) in [5, 5.41) is 3.12. The summed E-state index contributed by atoms with van der Waals surface area (Å²) in [5.41, 5.74) is 6.84. The quantitative estimate of drug-likeness (QED) is 0.613. The maximum atomic E-state index is 13.1. The lowest BCUT2D eigenvalue weighted by Gasteiger charge is -2.22. The van der Waals surface area contributed by atoms with Crippen LogP contribution in [-0.4, -0.2) is 29.8 Å². The number of anilines is 2. The highest BCUT2D eigenvalue weighted by atomic mass is 16.2. The minimum Gasteiger partial charge on any atom is -0.367 e. The molecule has 1 atom stereocenters. The zero-order valence-corrected chi connectivity index (χ0v) is 19.0. The third-order valence-electron chi connectivity index (χ3n) is 6.70. The number of amides is 2. The lowest BCUT2D eigenvalue weighted by atomic mass is 10.1. The van der Waals surface area contributed by atoms with Crippen molar-refractivity contribution in [2.45, 2.75) is 32.9 Å². The SMILES string of the molecule is Cc1ccc(CN2CC(C(=O)Nc3ccccc3CN3CCc4ccccc43)CC2=O)cc1. The van der Waals surface area contributed by atoms with Crippen LogP contribution in [0, 0.1) is 12.8 Å². The van der Waals surface area contributed by atoms with Crippen LogP contribution in [-0.2, 0) is 29.1 Å². The van der Waals surface area contributed by atoms with Crippen LogP contribution in [0.4, 0.5) is 11.4 Å². The Kier molecular flexibility index (Phi) is 5.86. The van der Waals surface area contributed by atoms with Gasteiger partial charge in [0.1, 0.15) is 0 Å². The number of hydrogen-bond acceptors (Lipinski definition) is 3. The first-order valence-electron chi connectivity index (χ1n) is 11.6. The number of hydrogen-bond donors (Lipinski definition) is 1. The second-order valence-electron chi connectivity index (χ2n) is 9.11. The molecule has 33 heavy (non-hydrogen) atoms. The summed E-state index contributed by atoms with van der Waals surface area (Å²) in [7, 11) is 0. The molecule has 2 heterocycles. The number of nitrogens with zero attached hydrogens (tertiary/aromatic N) is 2. The summed E-state index contributed by atoms with van der Waals surface area (Å²) in [6.07, 6.45) is 1.31. The lowest BCUT2D eigenvalue weighted by Crippen LogP contribution is -2.28. The molecule has 5 rings (SSSR count). The van der Waals surface area contributed by atoms with E-state index in [2.05, 4.69) is 52.7 Å². The zero-order valence-electron chi connectivity index (χ0n) is 19.0. The predicted octanol–water partition coefficient (Wildman–Crippen LogP) is 4.54. The fourth-order valence-corrected chi connectivity index (χ4v) is 4.81. The Hall–Kier alpha value is -3.60. The molecular weight excluding hydrogens is 410 g/mol. The third kappa shape index (κ3) is 4.63. The van der Waals surface area contributed by atoms with Gasteiger partial charge < -0.3 is 15.1 Å². The highest BCUT2D eigenvalue weighted by Crippen LogP contribution is 2.31. The first kappa shape index (κ1) is 21.3. The van der Waals surface area contributed by atoms with Crippen LogP contribution in [0.1, 0.15) is 28.7 Å². The normalized spacial score (nSPS) is 17.4. The molecule has 1 N–H and O–H groups in total. The smallest absolute Gasteiger partial charge is 0.229 e. The molecule has 1 saturated heterocycles. The van der Waals surface area contributed by atoms with Crippen LogP contribution in [0.3, 0.4) is 0 Å². The number of rotatable bonds is 6. The molecule has 1 unspecified atom stereocenters. The van der Waals surface area contributed by atoms with Gasteiger partial charge in [-0.15, -0.1) is 0 Å². The number of carbonyl (C=O) groups excluding carboxylic acids is 2. The number of likely N-dealkylation sites (tertiary alicyclic amines) is 1. The molecule has 0 saturated carbocycles. The molecule has 3 aromatic carbocycles. The Morgan fingerprint density at radius 1 is 0.939 bits per heavy atom. The summed E-state index contributed by atoms with van der Waals surface area (Å²) in [6, 6.07) is 24.7. The number of carbonyl (C=O) groups is 2. The minimum absolute atomic E-state index is 0.0395. The summed E-state index contributed by atoms with van der Waals surface area (Å²) < 4.78 is 0. The van der Waals surface area contributed by atoms with Crippen LogP contribution < -0.4 is 10.2 Å². The zero-order chi connectivity index (χ0) is 22.8. The second-order valence-corrected chi connectivity index (χ2v) is 9.11. The lowest BCUT2D eigenvalue weighted by molar-refractivity contribution is -0.128. The van der Waals surface area contributed by atoms with Gasteiger partial charge in [0.05, 0.1) is 5.92 Å². The van der Waals surface area contributed by atoms with Gasteiger partial charge in [-0.3, -0.25) is 9.59 Å². The fraction of sp³-hybridized carbons (Fsp3) is 0.286. The third-order valence-corrected chi connectivity index (χ3v) is 6.70. The molecule has 0 spiro atoms. The van der Waals surface area contributed by atoms with Crippen LogP contribution in [0.5, 0.6) is 0 Å². The molecule has 168 valence electrons. The molecule has 2 aliphatic heterocycles. The molecular formula is C28H29N3O2. The number of aryl methyl sites for hydroxylation is 1. The highest BCUT2D eigenvalue weighted by Gasteiger charge is 2.34. The van der Waals surface area contributed by atoms with Crippen molar-refractivity contribution in [3.63, 3.8) is 0 Å².